The summed E-state index contributed by atoms with van der Waals surface area (Å²) in [5.74, 6) is -1.64. The first-order chi connectivity index (χ1) is 20.9. The zero-order valence-corrected chi connectivity index (χ0v) is 27.3. The van der Waals surface area contributed by atoms with E-state index in [0.29, 0.717) is 24.0 Å². The molecule has 0 bridgehead atoms. The SMILES string of the molecule is Cn1c(=O)n(C2CCC(=O)NC2=O)c2ccc(CCCCCN3CC(C(=O)OC(C)(C)C)N(C(=O)OC(C)(C)C)CC3=O)cc21. The van der Waals surface area contributed by atoms with Crippen molar-refractivity contribution in [1.29, 1.82) is 0 Å². The summed E-state index contributed by atoms with van der Waals surface area (Å²) < 4.78 is 14.0. The van der Waals surface area contributed by atoms with E-state index in [1.165, 1.54) is 9.13 Å². The summed E-state index contributed by atoms with van der Waals surface area (Å²) in [6, 6.07) is 4.03. The fourth-order valence-corrected chi connectivity index (χ4v) is 5.67. The Hall–Kier alpha value is -4.16. The number of aryl methyl sites for hydroxylation is 2. The molecule has 45 heavy (non-hydrogen) atoms. The van der Waals surface area contributed by atoms with Crippen molar-refractivity contribution >= 4 is 40.8 Å². The molecule has 3 heterocycles. The lowest BCUT2D eigenvalue weighted by Gasteiger charge is -2.40. The van der Waals surface area contributed by atoms with Gasteiger partial charge in [-0.2, -0.15) is 0 Å². The van der Waals surface area contributed by atoms with Gasteiger partial charge in [0.25, 0.3) is 0 Å². The maximum atomic E-state index is 13.1. The molecule has 0 aliphatic carbocycles. The number of fused-ring (bicyclic) bond motifs is 1. The largest absolute Gasteiger partial charge is 0.458 e. The van der Waals surface area contributed by atoms with Crippen LogP contribution in [0.15, 0.2) is 23.0 Å². The second-order valence-corrected chi connectivity index (χ2v) is 13.8. The van der Waals surface area contributed by atoms with Gasteiger partial charge in [-0.3, -0.25) is 33.7 Å². The molecule has 2 aromatic rings. The van der Waals surface area contributed by atoms with Crippen molar-refractivity contribution in [3.63, 3.8) is 0 Å². The number of carbonyl (C=O) groups excluding carboxylic acids is 5. The van der Waals surface area contributed by atoms with Crippen LogP contribution in [-0.2, 0) is 42.1 Å². The van der Waals surface area contributed by atoms with Crippen LogP contribution < -0.4 is 11.0 Å². The number of hydrogen-bond acceptors (Lipinski definition) is 8. The maximum absolute atomic E-state index is 13.1. The molecule has 2 aliphatic rings. The number of benzene rings is 1. The van der Waals surface area contributed by atoms with Gasteiger partial charge in [-0.15, -0.1) is 0 Å². The molecule has 4 amide bonds. The number of ether oxygens (including phenoxy) is 2. The van der Waals surface area contributed by atoms with Gasteiger partial charge in [0.1, 0.15) is 23.8 Å². The van der Waals surface area contributed by atoms with E-state index in [0.717, 1.165) is 29.7 Å². The highest BCUT2D eigenvalue weighted by atomic mass is 16.6. The van der Waals surface area contributed by atoms with Crippen molar-refractivity contribution in [2.24, 2.45) is 7.05 Å². The number of nitrogens with zero attached hydrogens (tertiary/aromatic N) is 4. The summed E-state index contributed by atoms with van der Waals surface area (Å²) in [6.07, 6.45) is 2.82. The minimum atomic E-state index is -0.970. The van der Waals surface area contributed by atoms with Crippen LogP contribution in [-0.4, -0.2) is 85.6 Å². The first kappa shape index (κ1) is 33.7. The smallest absolute Gasteiger partial charge is 0.411 e. The van der Waals surface area contributed by atoms with E-state index < -0.39 is 41.3 Å². The topological polar surface area (TPSA) is 149 Å². The molecule has 1 aromatic carbocycles. The first-order valence-corrected chi connectivity index (χ1v) is 15.5. The lowest BCUT2D eigenvalue weighted by molar-refractivity contribution is -0.165. The van der Waals surface area contributed by atoms with Crippen LogP contribution in [0.3, 0.4) is 0 Å². The van der Waals surface area contributed by atoms with Gasteiger partial charge in [0.2, 0.25) is 17.7 Å². The van der Waals surface area contributed by atoms with Crippen LogP contribution in [0, 0.1) is 0 Å². The van der Waals surface area contributed by atoms with Crippen molar-refractivity contribution in [1.82, 2.24) is 24.3 Å². The number of hydrogen-bond donors (Lipinski definition) is 1. The molecule has 0 saturated carbocycles. The number of imide groups is 1. The standard InChI is InChI=1S/C32H45N5O8/c1-31(2,3)44-28(41)24-18-35(26(39)19-36(24)30(43)45-32(4,5)6)16-10-8-9-11-20-12-13-21-23(17-20)34(7)29(42)37(21)22-14-15-25(38)33-27(22)40/h12-13,17,22,24H,8-11,14-16,18-19H2,1-7H3,(H,33,38,40). The van der Waals surface area contributed by atoms with Gasteiger partial charge in [-0.25, -0.2) is 14.4 Å². The normalized spacial score (nSPS) is 19.6. The molecule has 246 valence electrons. The fraction of sp³-hybridized carbons (Fsp3) is 0.625. The van der Waals surface area contributed by atoms with E-state index in [4.69, 9.17) is 9.47 Å². The van der Waals surface area contributed by atoms with Crippen molar-refractivity contribution in [2.75, 3.05) is 19.6 Å². The second-order valence-electron chi connectivity index (χ2n) is 13.8. The Bertz CT molecular complexity index is 1540. The first-order valence-electron chi connectivity index (χ1n) is 15.5. The fourth-order valence-electron chi connectivity index (χ4n) is 5.67. The van der Waals surface area contributed by atoms with Crippen LogP contribution >= 0.6 is 0 Å². The molecule has 2 saturated heterocycles. The Labute approximate surface area is 262 Å². The Morgan fingerprint density at radius 1 is 0.933 bits per heavy atom. The van der Waals surface area contributed by atoms with Gasteiger partial charge in [0, 0.05) is 20.0 Å². The third-order valence-corrected chi connectivity index (χ3v) is 7.80. The Kier molecular flexibility index (Phi) is 9.79. The second kappa shape index (κ2) is 13.1. The van der Waals surface area contributed by atoms with Crippen molar-refractivity contribution in [2.45, 2.75) is 103 Å². The van der Waals surface area contributed by atoms with E-state index in [1.54, 1.807) is 53.5 Å². The zero-order chi connectivity index (χ0) is 33.3. The lowest BCUT2D eigenvalue weighted by Crippen LogP contribution is -2.62. The van der Waals surface area contributed by atoms with E-state index >= 15 is 0 Å². The maximum Gasteiger partial charge on any atom is 0.411 e. The third-order valence-electron chi connectivity index (χ3n) is 7.80. The van der Waals surface area contributed by atoms with Crippen molar-refractivity contribution < 1.29 is 33.4 Å². The number of imidazole rings is 1. The molecule has 2 fully saturated rings. The third kappa shape index (κ3) is 8.12. The van der Waals surface area contributed by atoms with Crippen LogP contribution in [0.25, 0.3) is 11.0 Å². The number of piperazine rings is 1. The molecule has 1 aromatic heterocycles. The average Bonchev–Trinajstić information content (AvgIpc) is 3.16. The summed E-state index contributed by atoms with van der Waals surface area (Å²) in [6.45, 7) is 10.6. The van der Waals surface area contributed by atoms with Gasteiger partial charge < -0.3 is 14.4 Å². The number of piperidine rings is 1. The highest BCUT2D eigenvalue weighted by molar-refractivity contribution is 6.00. The monoisotopic (exact) mass is 627 g/mol. The minimum Gasteiger partial charge on any atom is -0.458 e. The van der Waals surface area contributed by atoms with Crippen molar-refractivity contribution in [3.05, 3.63) is 34.2 Å². The Morgan fingerprint density at radius 3 is 2.27 bits per heavy atom. The number of aromatic nitrogens is 2. The van der Waals surface area contributed by atoms with Gasteiger partial charge in [-0.1, -0.05) is 12.5 Å². The van der Waals surface area contributed by atoms with Crippen LogP contribution in [0.5, 0.6) is 0 Å². The van der Waals surface area contributed by atoms with Crippen molar-refractivity contribution in [3.8, 4) is 0 Å². The molecule has 13 nitrogen and oxygen atoms in total. The number of rotatable bonds is 8. The predicted molar refractivity (Wildman–Crippen MR) is 165 cm³/mol. The number of nitrogens with one attached hydrogen (secondary N) is 1. The van der Waals surface area contributed by atoms with Gasteiger partial charge in [0.05, 0.1) is 17.6 Å². The molecule has 4 rings (SSSR count). The lowest BCUT2D eigenvalue weighted by atomic mass is 10.0. The molecular formula is C32H45N5O8. The van der Waals surface area contributed by atoms with E-state index in [9.17, 15) is 28.8 Å². The highest BCUT2D eigenvalue weighted by Crippen LogP contribution is 2.25. The van der Waals surface area contributed by atoms with Gasteiger partial charge in [0.15, 0.2) is 6.04 Å². The molecule has 1 N–H and O–H groups in total. The molecular weight excluding hydrogens is 582 g/mol. The summed E-state index contributed by atoms with van der Waals surface area (Å²) in [7, 11) is 1.67. The summed E-state index contributed by atoms with van der Waals surface area (Å²) >= 11 is 0. The highest BCUT2D eigenvalue weighted by Gasteiger charge is 2.42. The zero-order valence-electron chi connectivity index (χ0n) is 27.3. The van der Waals surface area contributed by atoms with E-state index in [2.05, 4.69) is 5.32 Å². The van der Waals surface area contributed by atoms with E-state index in [-0.39, 0.29) is 43.4 Å². The minimum absolute atomic E-state index is 0.0296. The average molecular weight is 628 g/mol. The number of amides is 4. The number of unbranched alkanes of at least 4 members (excludes halogenated alkanes) is 2. The Balaban J connectivity index is 1.36. The van der Waals surface area contributed by atoms with E-state index in [1.807, 2.05) is 18.2 Å². The molecule has 0 radical (unpaired) electrons. The molecule has 13 heteroatoms. The Morgan fingerprint density at radius 2 is 1.62 bits per heavy atom. The summed E-state index contributed by atoms with van der Waals surface area (Å²) in [4.78, 5) is 78.8. The van der Waals surface area contributed by atoms with Crippen LogP contribution in [0.4, 0.5) is 4.79 Å². The van der Waals surface area contributed by atoms with Gasteiger partial charge >= 0.3 is 17.8 Å². The molecule has 0 spiro atoms. The molecule has 2 unspecified atom stereocenters. The van der Waals surface area contributed by atoms with Gasteiger partial charge in [-0.05, 0) is 84.9 Å². The summed E-state index contributed by atoms with van der Waals surface area (Å²) in [5.41, 5.74) is 0.537. The van der Waals surface area contributed by atoms with Crippen LogP contribution in [0.1, 0.15) is 85.3 Å². The predicted octanol–water partition coefficient (Wildman–Crippen LogP) is 2.82. The summed E-state index contributed by atoms with van der Waals surface area (Å²) in [5, 5.41) is 2.32. The van der Waals surface area contributed by atoms with Crippen LogP contribution in [0.2, 0.25) is 0 Å². The quantitative estimate of drug-likeness (QED) is 0.267. The number of carbonyl (C=O) groups is 5. The molecule has 2 atom stereocenters. The molecule has 2 aliphatic heterocycles. The number of esters is 1.